The van der Waals surface area contributed by atoms with Crippen LogP contribution in [0.15, 0.2) is 78.9 Å². The normalized spacial score (nSPS) is 12.9. The lowest BCUT2D eigenvalue weighted by molar-refractivity contribution is -0.0758. The summed E-state index contributed by atoms with van der Waals surface area (Å²) in [5.74, 6) is 0. The number of hydrogen-bond donors (Lipinski definition) is 0. The van der Waals surface area contributed by atoms with E-state index in [9.17, 15) is 0 Å². The van der Waals surface area contributed by atoms with Crippen LogP contribution in [-0.2, 0) is 16.9 Å². The van der Waals surface area contributed by atoms with Crippen LogP contribution >= 0.6 is 0 Å². The van der Waals surface area contributed by atoms with Gasteiger partial charge in [0.25, 0.3) is 0 Å². The topological polar surface area (TPSA) is 12.5 Å². The molecule has 0 radical (unpaired) electrons. The average Bonchev–Trinajstić information content (AvgIpc) is 2.69. The molecule has 3 aromatic carbocycles. The lowest BCUT2D eigenvalue weighted by Crippen LogP contribution is -2.48. The van der Waals surface area contributed by atoms with Crippen molar-refractivity contribution in [2.24, 2.45) is 0 Å². The van der Waals surface area contributed by atoms with Gasteiger partial charge in [-0.3, -0.25) is 0 Å². The molecule has 1 unspecified atom stereocenters. The van der Waals surface area contributed by atoms with E-state index in [1.165, 1.54) is 27.8 Å². The quantitative estimate of drug-likeness (QED) is 0.526. The van der Waals surface area contributed by atoms with E-state index < -0.39 is 5.60 Å². The van der Waals surface area contributed by atoms with E-state index in [-0.39, 0.29) is 6.04 Å². The Bertz CT molecular complexity index is 827. The van der Waals surface area contributed by atoms with Crippen molar-refractivity contribution in [3.8, 4) is 0 Å². The van der Waals surface area contributed by atoms with E-state index >= 15 is 0 Å². The number of rotatable bonds is 7. The summed E-state index contributed by atoms with van der Waals surface area (Å²) < 4.78 is 6.88. The Hall–Kier alpha value is -2.42. The number of benzene rings is 3. The second-order valence-electron chi connectivity index (χ2n) is 7.89. The van der Waals surface area contributed by atoms with E-state index in [1.807, 2.05) is 0 Å². The van der Waals surface area contributed by atoms with Gasteiger partial charge < -0.3 is 9.64 Å². The highest BCUT2D eigenvalue weighted by atomic mass is 16.5. The molecule has 0 saturated heterocycles. The number of aryl methyl sites for hydroxylation is 2. The lowest BCUT2D eigenvalue weighted by Gasteiger charge is -2.43. The average molecular weight is 374 g/mol. The van der Waals surface area contributed by atoms with Gasteiger partial charge in [0.1, 0.15) is 5.60 Å². The molecule has 2 heteroatoms. The van der Waals surface area contributed by atoms with Crippen LogP contribution in [0.3, 0.4) is 0 Å². The van der Waals surface area contributed by atoms with E-state index in [2.05, 4.69) is 119 Å². The maximum absolute atomic E-state index is 6.88. The summed E-state index contributed by atoms with van der Waals surface area (Å²) in [6, 6.07) is 28.0. The number of likely N-dealkylation sites (N-methyl/N-ethyl adjacent to an activating group) is 1. The van der Waals surface area contributed by atoms with Gasteiger partial charge in [0.15, 0.2) is 0 Å². The molecular formula is C26H31NO. The Morgan fingerprint density at radius 1 is 0.786 bits per heavy atom. The van der Waals surface area contributed by atoms with Gasteiger partial charge in [0, 0.05) is 6.04 Å². The molecule has 0 aliphatic rings. The van der Waals surface area contributed by atoms with Gasteiger partial charge in [-0.2, -0.15) is 0 Å². The second kappa shape index (κ2) is 8.72. The van der Waals surface area contributed by atoms with Gasteiger partial charge >= 0.3 is 0 Å². The summed E-state index contributed by atoms with van der Waals surface area (Å²) in [6.45, 7) is 7.08. The predicted molar refractivity (Wildman–Crippen MR) is 118 cm³/mol. The first-order valence-electron chi connectivity index (χ1n) is 9.92. The zero-order valence-electron chi connectivity index (χ0n) is 17.6. The Morgan fingerprint density at radius 3 is 1.68 bits per heavy atom. The maximum atomic E-state index is 6.88. The van der Waals surface area contributed by atoms with Crippen LogP contribution in [0.1, 0.15) is 34.7 Å². The largest absolute Gasteiger partial charge is 0.359 e. The van der Waals surface area contributed by atoms with Gasteiger partial charge in [-0.05, 0) is 51.6 Å². The predicted octanol–water partition coefficient (Wildman–Crippen LogP) is 5.71. The summed E-state index contributed by atoms with van der Waals surface area (Å²) in [5.41, 5.74) is 5.52. The van der Waals surface area contributed by atoms with Gasteiger partial charge in [-0.15, -0.1) is 0 Å². The Labute approximate surface area is 169 Å². The zero-order valence-corrected chi connectivity index (χ0v) is 17.6. The molecule has 0 aliphatic heterocycles. The van der Waals surface area contributed by atoms with Crippen LogP contribution < -0.4 is 0 Å². The molecule has 0 aromatic heterocycles. The first kappa shape index (κ1) is 20.3. The third kappa shape index (κ3) is 4.19. The van der Waals surface area contributed by atoms with Gasteiger partial charge in [-0.25, -0.2) is 0 Å². The molecule has 1 atom stereocenters. The molecule has 28 heavy (non-hydrogen) atoms. The van der Waals surface area contributed by atoms with Crippen molar-refractivity contribution in [1.29, 1.82) is 0 Å². The fourth-order valence-corrected chi connectivity index (χ4v) is 4.02. The van der Waals surface area contributed by atoms with Crippen LogP contribution in [-0.4, -0.2) is 25.0 Å². The van der Waals surface area contributed by atoms with Crippen LogP contribution in [0, 0.1) is 13.8 Å². The third-order valence-corrected chi connectivity index (χ3v) is 5.52. The molecule has 0 spiro atoms. The Morgan fingerprint density at radius 2 is 1.25 bits per heavy atom. The standard InChI is InChI=1S/C26H31NO/c1-20-16-21(2)18-23(17-20)19-28-26(22(3)27(4)5,24-12-8-6-9-13-24)25-14-10-7-11-15-25/h6-18,22H,19H2,1-5H3. The molecule has 3 rings (SSSR count). The number of hydrogen-bond acceptors (Lipinski definition) is 2. The van der Waals surface area contributed by atoms with Gasteiger partial charge in [-0.1, -0.05) is 90.0 Å². The van der Waals surface area contributed by atoms with Crippen molar-refractivity contribution in [1.82, 2.24) is 4.90 Å². The highest BCUT2D eigenvalue weighted by Gasteiger charge is 2.42. The highest BCUT2D eigenvalue weighted by Crippen LogP contribution is 2.39. The molecule has 3 aromatic rings. The maximum Gasteiger partial charge on any atom is 0.134 e. The van der Waals surface area contributed by atoms with Gasteiger partial charge in [0.2, 0.25) is 0 Å². The molecule has 146 valence electrons. The molecule has 0 heterocycles. The van der Waals surface area contributed by atoms with E-state index in [4.69, 9.17) is 4.74 Å². The first-order valence-corrected chi connectivity index (χ1v) is 9.92. The highest BCUT2D eigenvalue weighted by molar-refractivity contribution is 5.39. The minimum atomic E-state index is -0.566. The van der Waals surface area contributed by atoms with E-state index in [1.54, 1.807) is 0 Å². The Kier molecular flexibility index (Phi) is 6.33. The van der Waals surface area contributed by atoms with Gasteiger partial charge in [0.05, 0.1) is 6.61 Å². The zero-order chi connectivity index (χ0) is 20.1. The molecule has 2 nitrogen and oxygen atoms in total. The number of ether oxygens (including phenoxy) is 1. The van der Waals surface area contributed by atoms with Crippen molar-refractivity contribution in [3.63, 3.8) is 0 Å². The smallest absolute Gasteiger partial charge is 0.134 e. The first-order chi connectivity index (χ1) is 13.4. The molecular weight excluding hydrogens is 342 g/mol. The summed E-state index contributed by atoms with van der Waals surface area (Å²) in [6.07, 6.45) is 0. The fraction of sp³-hybridized carbons (Fsp3) is 0.308. The SMILES string of the molecule is Cc1cc(C)cc(COC(c2ccccc2)(c2ccccc2)C(C)N(C)C)c1. The van der Waals surface area contributed by atoms with Crippen molar-refractivity contribution >= 4 is 0 Å². The molecule has 0 aliphatic carbocycles. The fourth-order valence-electron chi connectivity index (χ4n) is 4.02. The second-order valence-corrected chi connectivity index (χ2v) is 7.89. The van der Waals surface area contributed by atoms with Crippen molar-refractivity contribution in [3.05, 3.63) is 107 Å². The van der Waals surface area contributed by atoms with E-state index in [0.29, 0.717) is 6.61 Å². The molecule has 0 bridgehead atoms. The molecule has 0 amide bonds. The van der Waals surface area contributed by atoms with E-state index in [0.717, 1.165) is 0 Å². The van der Waals surface area contributed by atoms with Crippen LogP contribution in [0.4, 0.5) is 0 Å². The van der Waals surface area contributed by atoms with Crippen LogP contribution in [0.5, 0.6) is 0 Å². The minimum absolute atomic E-state index is 0.142. The monoisotopic (exact) mass is 373 g/mol. The number of nitrogens with zero attached hydrogens (tertiary/aromatic N) is 1. The summed E-state index contributed by atoms with van der Waals surface area (Å²) in [7, 11) is 4.23. The van der Waals surface area contributed by atoms with Crippen LogP contribution in [0.25, 0.3) is 0 Å². The summed E-state index contributed by atoms with van der Waals surface area (Å²) >= 11 is 0. The van der Waals surface area contributed by atoms with Crippen molar-refractivity contribution < 1.29 is 4.74 Å². The summed E-state index contributed by atoms with van der Waals surface area (Å²) in [4.78, 5) is 2.24. The minimum Gasteiger partial charge on any atom is -0.359 e. The van der Waals surface area contributed by atoms with Crippen LogP contribution in [0.2, 0.25) is 0 Å². The van der Waals surface area contributed by atoms with Crippen molar-refractivity contribution in [2.45, 2.75) is 39.0 Å². The molecule has 0 fully saturated rings. The molecule has 0 saturated carbocycles. The molecule has 0 N–H and O–H groups in total. The lowest BCUT2D eigenvalue weighted by atomic mass is 9.80. The Balaban J connectivity index is 2.11. The summed E-state index contributed by atoms with van der Waals surface area (Å²) in [5, 5.41) is 0. The third-order valence-electron chi connectivity index (χ3n) is 5.52. The van der Waals surface area contributed by atoms with Crippen molar-refractivity contribution in [2.75, 3.05) is 14.1 Å².